The Kier molecular flexibility index (Phi) is 7.64. The van der Waals surface area contributed by atoms with Gasteiger partial charge in [0.1, 0.15) is 13.2 Å². The highest BCUT2D eigenvalue weighted by atomic mass is 16.5. The maximum Gasteiger partial charge on any atom is 0.248 e. The van der Waals surface area contributed by atoms with Gasteiger partial charge in [-0.15, -0.1) is 0 Å². The van der Waals surface area contributed by atoms with Gasteiger partial charge < -0.3 is 24.6 Å². The molecular weight excluding hydrogens is 370 g/mol. The standard InChI is InChI=1S/C22H33N3O4/c1-24(2)17-22(8-11-28-12-9-22)16-23-20(26)14-29-15-21(27)25-10-7-18-5-3-4-6-19(18)13-25/h3-6H,7-17H2,1-2H3,(H,23,26). The van der Waals surface area contributed by atoms with Crippen molar-refractivity contribution in [1.29, 1.82) is 0 Å². The first-order valence-electron chi connectivity index (χ1n) is 10.4. The lowest BCUT2D eigenvalue weighted by atomic mass is 9.79. The molecule has 1 aromatic carbocycles. The van der Waals surface area contributed by atoms with Crippen molar-refractivity contribution < 1.29 is 19.1 Å². The van der Waals surface area contributed by atoms with Crippen LogP contribution in [0.5, 0.6) is 0 Å². The van der Waals surface area contributed by atoms with Crippen LogP contribution >= 0.6 is 0 Å². The Labute approximate surface area is 173 Å². The van der Waals surface area contributed by atoms with E-state index < -0.39 is 0 Å². The van der Waals surface area contributed by atoms with Crippen LogP contribution in [0.25, 0.3) is 0 Å². The van der Waals surface area contributed by atoms with E-state index in [4.69, 9.17) is 9.47 Å². The molecule has 0 unspecified atom stereocenters. The third-order valence-electron chi connectivity index (χ3n) is 5.81. The van der Waals surface area contributed by atoms with Gasteiger partial charge in [0.2, 0.25) is 11.8 Å². The molecule has 1 aromatic rings. The van der Waals surface area contributed by atoms with E-state index in [0.29, 0.717) is 19.6 Å². The lowest BCUT2D eigenvalue weighted by Crippen LogP contribution is -2.47. The molecule has 3 rings (SSSR count). The molecule has 2 aliphatic heterocycles. The van der Waals surface area contributed by atoms with Gasteiger partial charge in [-0.2, -0.15) is 0 Å². The summed E-state index contributed by atoms with van der Waals surface area (Å²) < 4.78 is 10.9. The Hall–Kier alpha value is -1.96. The zero-order valence-corrected chi connectivity index (χ0v) is 17.6. The lowest BCUT2D eigenvalue weighted by molar-refractivity contribution is -0.139. The van der Waals surface area contributed by atoms with E-state index >= 15 is 0 Å². The van der Waals surface area contributed by atoms with E-state index in [2.05, 4.69) is 22.3 Å². The molecule has 0 radical (unpaired) electrons. The van der Waals surface area contributed by atoms with Crippen molar-refractivity contribution in [2.45, 2.75) is 25.8 Å². The van der Waals surface area contributed by atoms with Gasteiger partial charge in [-0.05, 0) is 44.5 Å². The maximum absolute atomic E-state index is 12.4. The number of fused-ring (bicyclic) bond motifs is 1. The first-order valence-corrected chi connectivity index (χ1v) is 10.4. The summed E-state index contributed by atoms with van der Waals surface area (Å²) in [6, 6.07) is 8.19. The largest absolute Gasteiger partial charge is 0.381 e. The van der Waals surface area contributed by atoms with Crippen molar-refractivity contribution in [1.82, 2.24) is 15.1 Å². The summed E-state index contributed by atoms with van der Waals surface area (Å²) in [6.45, 7) is 4.12. The Bertz CT molecular complexity index is 701. The summed E-state index contributed by atoms with van der Waals surface area (Å²) in [5.74, 6) is -0.243. The molecule has 2 amide bonds. The van der Waals surface area contributed by atoms with E-state index in [1.807, 2.05) is 26.2 Å². The summed E-state index contributed by atoms with van der Waals surface area (Å²) in [5.41, 5.74) is 2.53. The third-order valence-corrected chi connectivity index (χ3v) is 5.81. The number of benzene rings is 1. The van der Waals surface area contributed by atoms with Gasteiger partial charge in [0.25, 0.3) is 0 Å². The first-order chi connectivity index (χ1) is 14.0. The molecule has 29 heavy (non-hydrogen) atoms. The van der Waals surface area contributed by atoms with Crippen molar-refractivity contribution in [3.8, 4) is 0 Å². The average molecular weight is 404 g/mol. The van der Waals surface area contributed by atoms with Gasteiger partial charge >= 0.3 is 0 Å². The fraction of sp³-hybridized carbons (Fsp3) is 0.636. The zero-order valence-electron chi connectivity index (χ0n) is 17.6. The van der Waals surface area contributed by atoms with Crippen LogP contribution in [0.4, 0.5) is 0 Å². The molecule has 0 spiro atoms. The number of hydrogen-bond acceptors (Lipinski definition) is 5. The molecule has 160 valence electrons. The lowest BCUT2D eigenvalue weighted by Gasteiger charge is -2.39. The molecule has 2 heterocycles. The van der Waals surface area contributed by atoms with Crippen molar-refractivity contribution in [3.05, 3.63) is 35.4 Å². The second-order valence-corrected chi connectivity index (χ2v) is 8.45. The predicted molar refractivity (Wildman–Crippen MR) is 110 cm³/mol. The summed E-state index contributed by atoms with van der Waals surface area (Å²) in [6.07, 6.45) is 2.72. The maximum atomic E-state index is 12.4. The summed E-state index contributed by atoms with van der Waals surface area (Å²) in [5, 5.41) is 2.99. The number of hydrogen-bond donors (Lipinski definition) is 1. The van der Waals surface area contributed by atoms with Crippen molar-refractivity contribution in [3.63, 3.8) is 0 Å². The topological polar surface area (TPSA) is 71.1 Å². The molecule has 0 aliphatic carbocycles. The monoisotopic (exact) mass is 403 g/mol. The van der Waals surface area contributed by atoms with Gasteiger partial charge in [-0.25, -0.2) is 0 Å². The van der Waals surface area contributed by atoms with Crippen LogP contribution in [-0.2, 0) is 32.0 Å². The number of carbonyl (C=O) groups is 2. The van der Waals surface area contributed by atoms with Gasteiger partial charge in [0, 0.05) is 44.8 Å². The fourth-order valence-electron chi connectivity index (χ4n) is 4.23. The molecule has 1 fully saturated rings. The number of amides is 2. The smallest absolute Gasteiger partial charge is 0.248 e. The molecule has 1 saturated heterocycles. The predicted octanol–water partition coefficient (Wildman–Crippen LogP) is 1.06. The molecular formula is C22H33N3O4. The second kappa shape index (κ2) is 10.2. The summed E-state index contributed by atoms with van der Waals surface area (Å²) in [4.78, 5) is 28.6. The molecule has 7 heteroatoms. The van der Waals surface area contributed by atoms with Crippen LogP contribution < -0.4 is 5.32 Å². The van der Waals surface area contributed by atoms with Gasteiger partial charge in [0.05, 0.1) is 0 Å². The second-order valence-electron chi connectivity index (χ2n) is 8.45. The van der Waals surface area contributed by atoms with E-state index in [-0.39, 0.29) is 30.4 Å². The summed E-state index contributed by atoms with van der Waals surface area (Å²) in [7, 11) is 4.10. The molecule has 2 aliphatic rings. The van der Waals surface area contributed by atoms with Gasteiger partial charge in [0.15, 0.2) is 0 Å². The minimum absolute atomic E-state index is 0.0361. The highest BCUT2D eigenvalue weighted by Crippen LogP contribution is 2.30. The van der Waals surface area contributed by atoms with Crippen LogP contribution in [0.1, 0.15) is 24.0 Å². The highest BCUT2D eigenvalue weighted by molar-refractivity contribution is 5.79. The van der Waals surface area contributed by atoms with Crippen LogP contribution in [0.2, 0.25) is 0 Å². The van der Waals surface area contributed by atoms with Crippen LogP contribution in [-0.4, -0.2) is 81.8 Å². The normalized spacial score (nSPS) is 18.4. The van der Waals surface area contributed by atoms with Crippen molar-refractivity contribution in [2.75, 3.05) is 60.2 Å². The molecule has 0 bridgehead atoms. The van der Waals surface area contributed by atoms with E-state index in [1.54, 1.807) is 4.90 Å². The van der Waals surface area contributed by atoms with Crippen LogP contribution in [0.3, 0.4) is 0 Å². The number of nitrogens with zero attached hydrogens (tertiary/aromatic N) is 2. The molecule has 0 saturated carbocycles. The average Bonchev–Trinajstić information content (AvgIpc) is 2.72. The Morgan fingerprint density at radius 2 is 1.90 bits per heavy atom. The third kappa shape index (κ3) is 6.26. The first kappa shape index (κ1) is 21.7. The van der Waals surface area contributed by atoms with Gasteiger partial charge in [-0.3, -0.25) is 9.59 Å². The fourth-order valence-corrected chi connectivity index (χ4v) is 4.23. The van der Waals surface area contributed by atoms with E-state index in [1.165, 1.54) is 11.1 Å². The van der Waals surface area contributed by atoms with E-state index in [9.17, 15) is 9.59 Å². The summed E-state index contributed by atoms with van der Waals surface area (Å²) >= 11 is 0. The minimum Gasteiger partial charge on any atom is -0.381 e. The SMILES string of the molecule is CN(C)CC1(CNC(=O)COCC(=O)N2CCc3ccccc3C2)CCOCC1. The number of carbonyl (C=O) groups excluding carboxylic acids is 2. The quantitative estimate of drug-likeness (QED) is 0.703. The number of ether oxygens (including phenoxy) is 2. The Morgan fingerprint density at radius 3 is 2.62 bits per heavy atom. The van der Waals surface area contributed by atoms with Crippen LogP contribution in [0.15, 0.2) is 24.3 Å². The molecule has 7 nitrogen and oxygen atoms in total. The molecule has 1 N–H and O–H groups in total. The van der Waals surface area contributed by atoms with Gasteiger partial charge in [-0.1, -0.05) is 24.3 Å². The molecule has 0 atom stereocenters. The Morgan fingerprint density at radius 1 is 1.17 bits per heavy atom. The van der Waals surface area contributed by atoms with Crippen molar-refractivity contribution >= 4 is 11.8 Å². The van der Waals surface area contributed by atoms with Crippen molar-refractivity contribution in [2.24, 2.45) is 5.41 Å². The zero-order chi connectivity index (χ0) is 20.7. The van der Waals surface area contributed by atoms with E-state index in [0.717, 1.165) is 39.0 Å². The number of rotatable bonds is 8. The molecule has 0 aromatic heterocycles. The minimum atomic E-state index is -0.175. The highest BCUT2D eigenvalue weighted by Gasteiger charge is 2.33. The number of nitrogens with one attached hydrogen (secondary N) is 1. The van der Waals surface area contributed by atoms with Crippen LogP contribution in [0, 0.1) is 5.41 Å². The Balaban J connectivity index is 1.39.